The minimum Gasteiger partial charge on any atom is -0.493 e. The number of amides is 1. The Morgan fingerprint density at radius 1 is 1.12 bits per heavy atom. The Bertz CT molecular complexity index is 566. The van der Waals surface area contributed by atoms with E-state index in [-0.39, 0.29) is 30.4 Å². The van der Waals surface area contributed by atoms with Crippen LogP contribution in [0, 0.1) is 5.92 Å². The van der Waals surface area contributed by atoms with Gasteiger partial charge in [0.1, 0.15) is 5.75 Å². The van der Waals surface area contributed by atoms with Gasteiger partial charge in [-0.15, -0.1) is 12.4 Å². The maximum Gasteiger partial charge on any atom is 0.237 e. The van der Waals surface area contributed by atoms with Crippen molar-refractivity contribution in [3.05, 3.63) is 29.8 Å². The van der Waals surface area contributed by atoms with Gasteiger partial charge in [-0.2, -0.15) is 0 Å². The Balaban J connectivity index is 0.00000169. The molecule has 0 bridgehead atoms. The van der Waals surface area contributed by atoms with Gasteiger partial charge in [0.2, 0.25) is 5.91 Å². The van der Waals surface area contributed by atoms with Crippen molar-refractivity contribution in [3.63, 3.8) is 0 Å². The van der Waals surface area contributed by atoms with Gasteiger partial charge in [0.25, 0.3) is 0 Å². The number of carbonyl (C=O) groups excluding carboxylic acids is 1. The molecule has 2 heterocycles. The van der Waals surface area contributed by atoms with Crippen molar-refractivity contribution >= 4 is 18.3 Å². The lowest BCUT2D eigenvalue weighted by Gasteiger charge is -2.24. The third kappa shape index (κ3) is 3.55. The number of ether oxygens (including phenoxy) is 1. The molecule has 4 unspecified atom stereocenters. The van der Waals surface area contributed by atoms with E-state index in [4.69, 9.17) is 4.74 Å². The summed E-state index contributed by atoms with van der Waals surface area (Å²) in [5.41, 5.74) is 1.12. The number of hydrogen-bond donors (Lipinski definition) is 2. The van der Waals surface area contributed by atoms with E-state index in [9.17, 15) is 4.79 Å². The molecule has 1 aliphatic carbocycles. The largest absolute Gasteiger partial charge is 0.493 e. The molecule has 1 aromatic carbocycles. The minimum atomic E-state index is -0.0144. The Morgan fingerprint density at radius 3 is 2.83 bits per heavy atom. The fraction of sp³-hybridized carbons (Fsp3) is 0.632. The zero-order valence-corrected chi connectivity index (χ0v) is 14.8. The zero-order chi connectivity index (χ0) is 15.6. The number of para-hydroxylation sites is 1. The van der Waals surface area contributed by atoms with Crippen LogP contribution in [0.3, 0.4) is 0 Å². The Hall–Kier alpha value is -1.26. The summed E-state index contributed by atoms with van der Waals surface area (Å²) in [6, 6.07) is 8.71. The Labute approximate surface area is 150 Å². The summed E-state index contributed by atoms with van der Waals surface area (Å²) in [6.45, 7) is 0.731. The molecule has 24 heavy (non-hydrogen) atoms. The molecule has 2 N–H and O–H groups in total. The molecule has 4 nitrogen and oxygen atoms in total. The van der Waals surface area contributed by atoms with E-state index in [0.29, 0.717) is 12.0 Å². The number of hydrogen-bond acceptors (Lipinski definition) is 3. The summed E-state index contributed by atoms with van der Waals surface area (Å²) < 4.78 is 5.80. The van der Waals surface area contributed by atoms with Crippen LogP contribution in [-0.2, 0) is 4.79 Å². The third-order valence-corrected chi connectivity index (χ3v) is 5.68. The molecular weight excluding hydrogens is 324 g/mol. The lowest BCUT2D eigenvalue weighted by molar-refractivity contribution is -0.123. The molecule has 2 fully saturated rings. The molecule has 4 rings (SSSR count). The predicted molar refractivity (Wildman–Crippen MR) is 96.6 cm³/mol. The van der Waals surface area contributed by atoms with Crippen molar-refractivity contribution in [2.75, 3.05) is 6.61 Å². The van der Waals surface area contributed by atoms with E-state index in [2.05, 4.69) is 16.7 Å². The zero-order valence-electron chi connectivity index (χ0n) is 14.0. The van der Waals surface area contributed by atoms with Gasteiger partial charge in [0.15, 0.2) is 0 Å². The van der Waals surface area contributed by atoms with Crippen LogP contribution in [0.1, 0.15) is 56.6 Å². The summed E-state index contributed by atoms with van der Waals surface area (Å²) in [7, 11) is 0. The van der Waals surface area contributed by atoms with Gasteiger partial charge in [0.05, 0.1) is 18.7 Å². The van der Waals surface area contributed by atoms with Crippen LogP contribution in [-0.4, -0.2) is 24.6 Å². The molecule has 1 amide bonds. The monoisotopic (exact) mass is 350 g/mol. The maximum absolute atomic E-state index is 12.8. The first-order chi connectivity index (χ1) is 11.3. The molecule has 2 aliphatic heterocycles. The van der Waals surface area contributed by atoms with E-state index in [1.54, 1.807) is 0 Å². The van der Waals surface area contributed by atoms with Gasteiger partial charge in [-0.3, -0.25) is 4.79 Å². The SMILES string of the molecule is Cl.O=C(NC1CCCOc2ccccc21)C1CC2CCCCC2N1. The maximum atomic E-state index is 12.8. The second-order valence-corrected chi connectivity index (χ2v) is 7.20. The molecule has 1 saturated heterocycles. The first-order valence-electron chi connectivity index (χ1n) is 9.09. The number of benzene rings is 1. The van der Waals surface area contributed by atoms with Crippen LogP contribution in [0.4, 0.5) is 0 Å². The van der Waals surface area contributed by atoms with Crippen LogP contribution < -0.4 is 15.4 Å². The average molecular weight is 351 g/mol. The highest BCUT2D eigenvalue weighted by Crippen LogP contribution is 2.34. The van der Waals surface area contributed by atoms with Gasteiger partial charge in [-0.25, -0.2) is 0 Å². The van der Waals surface area contributed by atoms with E-state index in [1.807, 2.05) is 18.2 Å². The fourth-order valence-corrected chi connectivity index (χ4v) is 4.47. The molecule has 1 aromatic rings. The molecule has 0 radical (unpaired) electrons. The number of fused-ring (bicyclic) bond motifs is 2. The van der Waals surface area contributed by atoms with E-state index >= 15 is 0 Å². The Kier molecular flexibility index (Phi) is 5.67. The normalized spacial score (nSPS) is 31.7. The molecule has 3 aliphatic rings. The molecular formula is C19H27ClN2O2. The lowest BCUT2D eigenvalue weighted by atomic mass is 9.85. The molecule has 1 saturated carbocycles. The highest BCUT2D eigenvalue weighted by Gasteiger charge is 2.38. The summed E-state index contributed by atoms with van der Waals surface area (Å²) in [5, 5.41) is 6.86. The first-order valence-corrected chi connectivity index (χ1v) is 9.09. The summed E-state index contributed by atoms with van der Waals surface area (Å²) in [5.74, 6) is 1.79. The van der Waals surface area contributed by atoms with Crippen molar-refractivity contribution < 1.29 is 9.53 Å². The van der Waals surface area contributed by atoms with Gasteiger partial charge in [0, 0.05) is 11.6 Å². The molecule has 4 atom stereocenters. The molecule has 5 heteroatoms. The quantitative estimate of drug-likeness (QED) is 0.859. The van der Waals surface area contributed by atoms with Crippen LogP contribution in [0.25, 0.3) is 0 Å². The standard InChI is InChI=1S/C19H26N2O2.ClH/c22-19(17-12-13-6-1-3-8-15(13)20-17)21-16-9-5-11-23-18-10-4-2-7-14(16)18;/h2,4,7,10,13,15-17,20H,1,3,5-6,8-9,11-12H2,(H,21,22);1H. The van der Waals surface area contributed by atoms with E-state index in [1.165, 1.54) is 25.7 Å². The van der Waals surface area contributed by atoms with Crippen LogP contribution in [0.15, 0.2) is 24.3 Å². The van der Waals surface area contributed by atoms with Gasteiger partial charge in [-0.1, -0.05) is 31.0 Å². The van der Waals surface area contributed by atoms with E-state index < -0.39 is 0 Å². The van der Waals surface area contributed by atoms with Gasteiger partial charge < -0.3 is 15.4 Å². The summed E-state index contributed by atoms with van der Waals surface area (Å²) >= 11 is 0. The fourth-order valence-electron chi connectivity index (χ4n) is 4.47. The average Bonchev–Trinajstić information content (AvgIpc) is 2.92. The highest BCUT2D eigenvalue weighted by atomic mass is 35.5. The second kappa shape index (κ2) is 7.75. The topological polar surface area (TPSA) is 50.4 Å². The molecule has 132 valence electrons. The second-order valence-electron chi connectivity index (χ2n) is 7.20. The summed E-state index contributed by atoms with van der Waals surface area (Å²) in [4.78, 5) is 12.8. The molecule has 0 spiro atoms. The molecule has 0 aromatic heterocycles. The van der Waals surface area contributed by atoms with Crippen molar-refractivity contribution in [1.82, 2.24) is 10.6 Å². The van der Waals surface area contributed by atoms with Crippen molar-refractivity contribution in [3.8, 4) is 5.75 Å². The highest BCUT2D eigenvalue weighted by molar-refractivity contribution is 5.85. The smallest absolute Gasteiger partial charge is 0.237 e. The predicted octanol–water partition coefficient (Wildman–Crippen LogP) is 3.36. The van der Waals surface area contributed by atoms with Gasteiger partial charge in [-0.05, 0) is 44.1 Å². The number of nitrogens with one attached hydrogen (secondary N) is 2. The third-order valence-electron chi connectivity index (χ3n) is 5.68. The van der Waals surface area contributed by atoms with Crippen LogP contribution in [0.2, 0.25) is 0 Å². The van der Waals surface area contributed by atoms with Crippen LogP contribution in [0.5, 0.6) is 5.75 Å². The lowest BCUT2D eigenvalue weighted by Crippen LogP contribution is -2.44. The Morgan fingerprint density at radius 2 is 1.96 bits per heavy atom. The summed E-state index contributed by atoms with van der Waals surface area (Å²) in [6.07, 6.45) is 8.06. The first kappa shape index (κ1) is 17.6. The minimum absolute atomic E-state index is 0. The number of halogens is 1. The van der Waals surface area contributed by atoms with Crippen LogP contribution >= 0.6 is 12.4 Å². The number of carbonyl (C=O) groups is 1. The van der Waals surface area contributed by atoms with Crippen molar-refractivity contribution in [1.29, 1.82) is 0 Å². The van der Waals surface area contributed by atoms with E-state index in [0.717, 1.165) is 37.2 Å². The number of rotatable bonds is 2. The van der Waals surface area contributed by atoms with Crippen molar-refractivity contribution in [2.24, 2.45) is 5.92 Å². The van der Waals surface area contributed by atoms with Gasteiger partial charge >= 0.3 is 0 Å². The van der Waals surface area contributed by atoms with Crippen molar-refractivity contribution in [2.45, 2.75) is 63.1 Å².